The van der Waals surface area contributed by atoms with E-state index in [1.54, 1.807) is 12.1 Å². The van der Waals surface area contributed by atoms with Crippen molar-refractivity contribution in [3.8, 4) is 10.9 Å². The van der Waals surface area contributed by atoms with Crippen LogP contribution in [0.25, 0.3) is 0 Å². The summed E-state index contributed by atoms with van der Waals surface area (Å²) < 4.78 is 5.59. The zero-order chi connectivity index (χ0) is 14.1. The minimum absolute atomic E-state index is 0.0218. The van der Waals surface area contributed by atoms with Crippen LogP contribution in [0.4, 0.5) is 5.69 Å². The zero-order valence-corrected chi connectivity index (χ0v) is 11.8. The minimum atomic E-state index is 0.0218. The molecule has 2 aromatic rings. The molecule has 0 bridgehead atoms. The van der Waals surface area contributed by atoms with E-state index in [1.807, 2.05) is 6.07 Å². The molecule has 102 valence electrons. The largest absolute Gasteiger partial charge is 0.431 e. The second kappa shape index (κ2) is 5.22. The summed E-state index contributed by atoms with van der Waals surface area (Å²) in [5, 5.41) is 3.26. The number of aldehydes is 1. The number of rotatable bonds is 3. The number of carbonyl (C=O) groups is 2. The maximum atomic E-state index is 11.3. The Morgan fingerprint density at radius 2 is 2.25 bits per heavy atom. The molecule has 1 aromatic carbocycles. The Hall–Kier alpha value is -1.92. The molecule has 0 saturated carbocycles. The van der Waals surface area contributed by atoms with Crippen molar-refractivity contribution < 1.29 is 14.3 Å². The fourth-order valence-corrected chi connectivity index (χ4v) is 2.86. The summed E-state index contributed by atoms with van der Waals surface area (Å²) in [4.78, 5) is 26.3. The lowest BCUT2D eigenvalue weighted by Crippen LogP contribution is -2.18. The van der Waals surface area contributed by atoms with Gasteiger partial charge in [-0.25, -0.2) is 0 Å². The van der Waals surface area contributed by atoms with Crippen LogP contribution in [0.5, 0.6) is 10.9 Å². The lowest BCUT2D eigenvalue weighted by Gasteiger charge is -2.17. The number of fused-ring (bicyclic) bond motifs is 1. The highest BCUT2D eigenvalue weighted by molar-refractivity contribution is 7.15. The van der Waals surface area contributed by atoms with E-state index in [9.17, 15) is 9.59 Å². The lowest BCUT2D eigenvalue weighted by molar-refractivity contribution is -0.116. The summed E-state index contributed by atoms with van der Waals surface area (Å²) in [6, 6.07) is 5.38. The summed E-state index contributed by atoms with van der Waals surface area (Å²) in [5.41, 5.74) is 1.82. The Kier molecular flexibility index (Phi) is 3.42. The van der Waals surface area contributed by atoms with Gasteiger partial charge in [0.2, 0.25) is 5.91 Å². The van der Waals surface area contributed by atoms with Crippen LogP contribution in [0.2, 0.25) is 5.15 Å². The van der Waals surface area contributed by atoms with Gasteiger partial charge in [-0.2, -0.15) is 4.98 Å². The van der Waals surface area contributed by atoms with Crippen LogP contribution in [-0.2, 0) is 11.2 Å². The Balaban J connectivity index is 1.84. The van der Waals surface area contributed by atoms with Crippen molar-refractivity contribution in [3.05, 3.63) is 33.8 Å². The number of nitrogens with one attached hydrogen (secondary N) is 1. The maximum absolute atomic E-state index is 11.3. The van der Waals surface area contributed by atoms with Gasteiger partial charge in [-0.1, -0.05) is 22.9 Å². The van der Waals surface area contributed by atoms with Crippen molar-refractivity contribution in [2.75, 3.05) is 5.32 Å². The molecule has 0 spiro atoms. The van der Waals surface area contributed by atoms with Gasteiger partial charge in [0, 0.05) is 12.1 Å². The van der Waals surface area contributed by atoms with Gasteiger partial charge in [0.25, 0.3) is 5.19 Å². The average molecular weight is 309 g/mol. The molecule has 1 aliphatic heterocycles. The van der Waals surface area contributed by atoms with Crippen LogP contribution < -0.4 is 10.1 Å². The molecule has 3 rings (SSSR count). The van der Waals surface area contributed by atoms with Gasteiger partial charge in [0.1, 0.15) is 10.6 Å². The summed E-state index contributed by atoms with van der Waals surface area (Å²) >= 11 is 6.87. The first-order valence-electron chi connectivity index (χ1n) is 5.88. The number of hydrogen-bond acceptors (Lipinski definition) is 5. The van der Waals surface area contributed by atoms with Crippen LogP contribution >= 0.6 is 22.9 Å². The Bertz CT molecular complexity index is 699. The quantitative estimate of drug-likeness (QED) is 0.883. The smallest absolute Gasteiger partial charge is 0.280 e. The molecule has 1 aliphatic rings. The van der Waals surface area contributed by atoms with Crippen LogP contribution in [-0.4, -0.2) is 17.2 Å². The van der Waals surface area contributed by atoms with Gasteiger partial charge in [0.05, 0.1) is 0 Å². The summed E-state index contributed by atoms with van der Waals surface area (Å²) in [6.07, 6.45) is 1.79. The summed E-state index contributed by atoms with van der Waals surface area (Å²) in [5.74, 6) is 0.622. The number of aromatic nitrogens is 1. The standard InChI is InChI=1S/C13H9ClN2O3S/c14-12-10(6-17)20-13(16-12)19-8-2-3-9-7(5-8)1-4-11(18)15-9/h2-3,5-6H,1,4H2,(H,15,18). The van der Waals surface area contributed by atoms with Crippen molar-refractivity contribution in [3.63, 3.8) is 0 Å². The molecule has 0 aliphatic carbocycles. The van der Waals surface area contributed by atoms with Crippen LogP contribution in [0, 0.1) is 0 Å². The number of hydrogen-bond donors (Lipinski definition) is 1. The fourth-order valence-electron chi connectivity index (χ4n) is 1.93. The molecule has 1 aromatic heterocycles. The average Bonchev–Trinajstić information content (AvgIpc) is 2.79. The van der Waals surface area contributed by atoms with Crippen molar-refractivity contribution in [1.82, 2.24) is 4.98 Å². The number of anilines is 1. The Morgan fingerprint density at radius 3 is 3.00 bits per heavy atom. The molecule has 20 heavy (non-hydrogen) atoms. The predicted octanol–water partition coefficient (Wildman–Crippen LogP) is 3.29. The molecule has 0 fully saturated rings. The second-order valence-corrected chi connectivity index (χ2v) is 5.57. The van der Waals surface area contributed by atoms with Crippen molar-refractivity contribution in [2.24, 2.45) is 0 Å². The number of thiazole rings is 1. The third kappa shape index (κ3) is 2.52. The fraction of sp³-hybridized carbons (Fsp3) is 0.154. The van der Waals surface area contributed by atoms with Crippen molar-refractivity contribution >= 4 is 40.8 Å². The number of halogens is 1. The van der Waals surface area contributed by atoms with Gasteiger partial charge in [-0.3, -0.25) is 9.59 Å². The van der Waals surface area contributed by atoms with E-state index in [0.29, 0.717) is 34.9 Å². The van der Waals surface area contributed by atoms with Crippen LogP contribution in [0.1, 0.15) is 21.7 Å². The molecule has 5 nitrogen and oxygen atoms in total. The number of benzene rings is 1. The second-order valence-electron chi connectivity index (χ2n) is 4.22. The molecule has 0 saturated heterocycles. The number of carbonyl (C=O) groups excluding carboxylic acids is 2. The number of amides is 1. The van der Waals surface area contributed by atoms with E-state index >= 15 is 0 Å². The molecule has 1 N–H and O–H groups in total. The first kappa shape index (κ1) is 13.1. The first-order valence-corrected chi connectivity index (χ1v) is 7.07. The highest BCUT2D eigenvalue weighted by atomic mass is 35.5. The maximum Gasteiger partial charge on any atom is 0.280 e. The normalized spacial score (nSPS) is 13.6. The third-order valence-corrected chi connectivity index (χ3v) is 4.13. The van der Waals surface area contributed by atoms with E-state index in [4.69, 9.17) is 16.3 Å². The number of nitrogens with zero attached hydrogens (tertiary/aromatic N) is 1. The Labute approximate surface area is 123 Å². The van der Waals surface area contributed by atoms with Gasteiger partial charge >= 0.3 is 0 Å². The van der Waals surface area contributed by atoms with Gasteiger partial charge < -0.3 is 10.1 Å². The molecule has 0 atom stereocenters. The summed E-state index contributed by atoms with van der Waals surface area (Å²) in [7, 11) is 0. The summed E-state index contributed by atoms with van der Waals surface area (Å²) in [6.45, 7) is 0. The first-order chi connectivity index (χ1) is 9.65. The number of ether oxygens (including phenoxy) is 1. The predicted molar refractivity (Wildman–Crippen MR) is 76.0 cm³/mol. The third-order valence-electron chi connectivity index (χ3n) is 2.87. The molecule has 0 radical (unpaired) electrons. The molecule has 7 heteroatoms. The van der Waals surface area contributed by atoms with Crippen molar-refractivity contribution in [2.45, 2.75) is 12.8 Å². The SMILES string of the molecule is O=Cc1sc(Oc2ccc3c(c2)CCC(=O)N3)nc1Cl. The monoisotopic (exact) mass is 308 g/mol. The van der Waals surface area contributed by atoms with E-state index in [-0.39, 0.29) is 11.1 Å². The Morgan fingerprint density at radius 1 is 1.40 bits per heavy atom. The lowest BCUT2D eigenvalue weighted by atomic mass is 10.0. The molecule has 0 unspecified atom stereocenters. The number of aryl methyl sites for hydroxylation is 1. The van der Waals surface area contributed by atoms with E-state index in [0.717, 1.165) is 22.6 Å². The minimum Gasteiger partial charge on any atom is -0.431 e. The zero-order valence-electron chi connectivity index (χ0n) is 10.2. The van der Waals surface area contributed by atoms with Gasteiger partial charge in [0.15, 0.2) is 11.4 Å². The van der Waals surface area contributed by atoms with E-state index < -0.39 is 0 Å². The van der Waals surface area contributed by atoms with Gasteiger partial charge in [-0.05, 0) is 30.2 Å². The van der Waals surface area contributed by atoms with Gasteiger partial charge in [-0.15, -0.1) is 0 Å². The molecule has 2 heterocycles. The van der Waals surface area contributed by atoms with Crippen molar-refractivity contribution in [1.29, 1.82) is 0 Å². The van der Waals surface area contributed by atoms with E-state index in [2.05, 4.69) is 10.3 Å². The molecular weight excluding hydrogens is 300 g/mol. The molecular formula is C13H9ClN2O3S. The van der Waals surface area contributed by atoms with Crippen LogP contribution in [0.3, 0.4) is 0 Å². The molecule has 1 amide bonds. The van der Waals surface area contributed by atoms with Crippen LogP contribution in [0.15, 0.2) is 18.2 Å². The van der Waals surface area contributed by atoms with E-state index in [1.165, 1.54) is 0 Å². The highest BCUT2D eigenvalue weighted by Crippen LogP contribution is 2.33. The topological polar surface area (TPSA) is 68.3 Å². The highest BCUT2D eigenvalue weighted by Gasteiger charge is 2.16.